The van der Waals surface area contributed by atoms with E-state index in [4.69, 9.17) is 9.47 Å². The van der Waals surface area contributed by atoms with Crippen molar-refractivity contribution in [2.75, 3.05) is 30.4 Å². The van der Waals surface area contributed by atoms with Crippen LogP contribution < -0.4 is 15.4 Å². The minimum atomic E-state index is -0.0977. The molecule has 2 aromatic carbocycles. The summed E-state index contributed by atoms with van der Waals surface area (Å²) in [5.74, 6) is 0.640. The maximum absolute atomic E-state index is 12.1. The molecule has 1 atom stereocenters. The van der Waals surface area contributed by atoms with Gasteiger partial charge >= 0.3 is 0 Å². The molecular weight excluding hydrogens is 316 g/mol. The predicted molar refractivity (Wildman–Crippen MR) is 99.2 cm³/mol. The molecule has 5 nitrogen and oxygen atoms in total. The second kappa shape index (κ2) is 8.53. The van der Waals surface area contributed by atoms with Crippen LogP contribution in [0.3, 0.4) is 0 Å². The van der Waals surface area contributed by atoms with Crippen LogP contribution in [0.4, 0.5) is 11.4 Å². The van der Waals surface area contributed by atoms with Gasteiger partial charge in [0.2, 0.25) is 5.91 Å². The van der Waals surface area contributed by atoms with Crippen LogP contribution in [-0.4, -0.2) is 31.8 Å². The Labute approximate surface area is 148 Å². The van der Waals surface area contributed by atoms with Gasteiger partial charge in [-0.05, 0) is 49.6 Å². The van der Waals surface area contributed by atoms with Crippen molar-refractivity contribution in [1.82, 2.24) is 0 Å². The summed E-state index contributed by atoms with van der Waals surface area (Å²) in [6, 6.07) is 15.4. The van der Waals surface area contributed by atoms with Gasteiger partial charge in [0.05, 0.1) is 18.3 Å². The number of benzene rings is 2. The molecule has 0 aliphatic carbocycles. The Morgan fingerprint density at radius 1 is 1.24 bits per heavy atom. The smallest absolute Gasteiger partial charge is 0.243 e. The number of carbonyl (C=O) groups is 1. The highest BCUT2D eigenvalue weighted by atomic mass is 16.5. The average Bonchev–Trinajstić information content (AvgIpc) is 3.12. The molecule has 0 saturated carbocycles. The zero-order valence-electron chi connectivity index (χ0n) is 14.5. The third-order valence-electron chi connectivity index (χ3n) is 4.08. The number of rotatable bonds is 7. The Kier molecular flexibility index (Phi) is 5.90. The molecule has 0 spiro atoms. The summed E-state index contributed by atoms with van der Waals surface area (Å²) < 4.78 is 11.4. The largest absolute Gasteiger partial charge is 0.489 e. The van der Waals surface area contributed by atoms with E-state index in [1.54, 1.807) is 0 Å². The molecule has 3 rings (SSSR count). The molecule has 1 amide bonds. The zero-order chi connectivity index (χ0) is 17.5. The topological polar surface area (TPSA) is 59.6 Å². The average molecular weight is 340 g/mol. The number of nitrogens with one attached hydrogen (secondary N) is 2. The number of carbonyl (C=O) groups excluding carboxylic acids is 1. The summed E-state index contributed by atoms with van der Waals surface area (Å²) >= 11 is 0. The predicted octanol–water partition coefficient (Wildman–Crippen LogP) is 3.60. The summed E-state index contributed by atoms with van der Waals surface area (Å²) in [6.45, 7) is 3.52. The Bertz CT molecular complexity index is 712. The molecule has 1 unspecified atom stereocenters. The van der Waals surface area contributed by atoms with Crippen LogP contribution in [0.5, 0.6) is 5.75 Å². The van der Waals surface area contributed by atoms with Gasteiger partial charge in [-0.15, -0.1) is 0 Å². The summed E-state index contributed by atoms with van der Waals surface area (Å²) in [5.41, 5.74) is 2.72. The van der Waals surface area contributed by atoms with E-state index in [0.717, 1.165) is 42.1 Å². The first-order valence-electron chi connectivity index (χ1n) is 8.64. The SMILES string of the molecule is Cc1cccc(NC(=O)CNc2ccccc2OCC2CCCO2)c1. The molecule has 1 saturated heterocycles. The van der Waals surface area contributed by atoms with Gasteiger partial charge in [0.25, 0.3) is 0 Å². The number of aryl methyl sites for hydroxylation is 1. The van der Waals surface area contributed by atoms with Crippen LogP contribution in [0.2, 0.25) is 0 Å². The van der Waals surface area contributed by atoms with Gasteiger partial charge in [0.15, 0.2) is 0 Å². The van der Waals surface area contributed by atoms with E-state index in [1.165, 1.54) is 0 Å². The van der Waals surface area contributed by atoms with Crippen molar-refractivity contribution in [3.8, 4) is 5.75 Å². The fraction of sp³-hybridized carbons (Fsp3) is 0.350. The molecule has 1 fully saturated rings. The van der Waals surface area contributed by atoms with Gasteiger partial charge in [-0.2, -0.15) is 0 Å². The molecule has 132 valence electrons. The Balaban J connectivity index is 1.52. The van der Waals surface area contributed by atoms with Gasteiger partial charge < -0.3 is 20.1 Å². The van der Waals surface area contributed by atoms with E-state index in [1.807, 2.05) is 55.5 Å². The molecule has 2 N–H and O–H groups in total. The van der Waals surface area contributed by atoms with Crippen molar-refractivity contribution in [2.24, 2.45) is 0 Å². The lowest BCUT2D eigenvalue weighted by Gasteiger charge is -2.15. The third-order valence-corrected chi connectivity index (χ3v) is 4.08. The maximum atomic E-state index is 12.1. The van der Waals surface area contributed by atoms with Crippen LogP contribution in [0.1, 0.15) is 18.4 Å². The summed E-state index contributed by atoms with van der Waals surface area (Å²) in [7, 11) is 0. The third kappa shape index (κ3) is 5.22. The van der Waals surface area contributed by atoms with Crippen LogP contribution >= 0.6 is 0 Å². The second-order valence-corrected chi connectivity index (χ2v) is 6.21. The minimum Gasteiger partial charge on any atom is -0.489 e. The summed E-state index contributed by atoms with van der Waals surface area (Å²) in [6.07, 6.45) is 2.29. The summed E-state index contributed by atoms with van der Waals surface area (Å²) in [5, 5.41) is 6.03. The van der Waals surface area contributed by atoms with Crippen molar-refractivity contribution in [3.05, 3.63) is 54.1 Å². The molecule has 0 bridgehead atoms. The molecule has 5 heteroatoms. The Morgan fingerprint density at radius 2 is 2.12 bits per heavy atom. The fourth-order valence-electron chi connectivity index (χ4n) is 2.80. The van der Waals surface area contributed by atoms with Crippen molar-refractivity contribution >= 4 is 17.3 Å². The van der Waals surface area contributed by atoms with Crippen molar-refractivity contribution in [3.63, 3.8) is 0 Å². The maximum Gasteiger partial charge on any atom is 0.243 e. The van der Waals surface area contributed by atoms with Gasteiger partial charge in [0, 0.05) is 12.3 Å². The highest BCUT2D eigenvalue weighted by molar-refractivity contribution is 5.94. The monoisotopic (exact) mass is 340 g/mol. The van der Waals surface area contributed by atoms with Crippen molar-refractivity contribution < 1.29 is 14.3 Å². The van der Waals surface area contributed by atoms with E-state index >= 15 is 0 Å². The minimum absolute atomic E-state index is 0.0977. The quantitative estimate of drug-likeness (QED) is 0.808. The first-order valence-corrected chi connectivity index (χ1v) is 8.64. The lowest BCUT2D eigenvalue weighted by molar-refractivity contribution is -0.114. The lowest BCUT2D eigenvalue weighted by atomic mass is 10.2. The number of hydrogen-bond acceptors (Lipinski definition) is 4. The number of amides is 1. The molecule has 25 heavy (non-hydrogen) atoms. The Morgan fingerprint density at radius 3 is 2.92 bits per heavy atom. The number of anilines is 2. The highest BCUT2D eigenvalue weighted by Crippen LogP contribution is 2.25. The molecule has 1 heterocycles. The molecule has 0 aromatic heterocycles. The summed E-state index contributed by atoms with van der Waals surface area (Å²) in [4.78, 5) is 12.1. The second-order valence-electron chi connectivity index (χ2n) is 6.21. The van der Waals surface area contributed by atoms with Gasteiger partial charge in [0.1, 0.15) is 12.4 Å². The highest BCUT2D eigenvalue weighted by Gasteiger charge is 2.16. The van der Waals surface area contributed by atoms with E-state index in [2.05, 4.69) is 10.6 Å². The van der Waals surface area contributed by atoms with Gasteiger partial charge in [-0.1, -0.05) is 24.3 Å². The van der Waals surface area contributed by atoms with Crippen molar-refractivity contribution in [1.29, 1.82) is 0 Å². The Hall–Kier alpha value is -2.53. The van der Waals surface area contributed by atoms with Crippen LogP contribution in [0.25, 0.3) is 0 Å². The number of hydrogen-bond donors (Lipinski definition) is 2. The normalized spacial score (nSPS) is 16.4. The van der Waals surface area contributed by atoms with E-state index in [9.17, 15) is 4.79 Å². The fourth-order valence-corrected chi connectivity index (χ4v) is 2.80. The molecular formula is C20H24N2O3. The zero-order valence-corrected chi connectivity index (χ0v) is 14.5. The molecule has 0 radical (unpaired) electrons. The van der Waals surface area contributed by atoms with Crippen molar-refractivity contribution in [2.45, 2.75) is 25.9 Å². The lowest BCUT2D eigenvalue weighted by Crippen LogP contribution is -2.22. The number of para-hydroxylation sites is 2. The van der Waals surface area contributed by atoms with Crippen LogP contribution in [0.15, 0.2) is 48.5 Å². The standard InChI is InChI=1S/C20H24N2O3/c1-15-6-4-7-16(12-15)22-20(23)13-21-18-9-2-3-10-19(18)25-14-17-8-5-11-24-17/h2-4,6-7,9-10,12,17,21H,5,8,11,13-14H2,1H3,(H,22,23). The van der Waals surface area contributed by atoms with E-state index < -0.39 is 0 Å². The molecule has 1 aliphatic rings. The van der Waals surface area contributed by atoms with E-state index in [-0.39, 0.29) is 18.6 Å². The van der Waals surface area contributed by atoms with Crippen LogP contribution in [0, 0.1) is 6.92 Å². The number of ether oxygens (including phenoxy) is 2. The molecule has 2 aromatic rings. The first kappa shape index (κ1) is 17.3. The van der Waals surface area contributed by atoms with E-state index in [0.29, 0.717) is 6.61 Å². The van der Waals surface area contributed by atoms with Gasteiger partial charge in [-0.3, -0.25) is 4.79 Å². The first-order chi connectivity index (χ1) is 12.2. The van der Waals surface area contributed by atoms with Gasteiger partial charge in [-0.25, -0.2) is 0 Å². The van der Waals surface area contributed by atoms with Crippen LogP contribution in [-0.2, 0) is 9.53 Å². The molecule has 1 aliphatic heterocycles.